The first-order chi connectivity index (χ1) is 8.74. The molecule has 2 atom stereocenters. The van der Waals surface area contributed by atoms with Crippen molar-refractivity contribution < 1.29 is 4.79 Å². The number of carbonyl (C=O) groups is 1. The second kappa shape index (κ2) is 4.76. The van der Waals surface area contributed by atoms with Crippen molar-refractivity contribution in [2.24, 2.45) is 5.92 Å². The number of aromatic nitrogens is 1. The summed E-state index contributed by atoms with van der Waals surface area (Å²) in [5, 5.41) is 5.20. The summed E-state index contributed by atoms with van der Waals surface area (Å²) >= 11 is 1.66. The van der Waals surface area contributed by atoms with E-state index in [-0.39, 0.29) is 5.91 Å². The first-order valence-electron chi connectivity index (χ1n) is 6.61. The van der Waals surface area contributed by atoms with E-state index in [1.54, 1.807) is 11.3 Å². The van der Waals surface area contributed by atoms with Crippen molar-refractivity contribution in [2.75, 3.05) is 0 Å². The minimum absolute atomic E-state index is 0.0390. The molecule has 1 aliphatic rings. The molecule has 3 nitrogen and oxygen atoms in total. The van der Waals surface area contributed by atoms with Crippen LogP contribution >= 0.6 is 11.3 Å². The predicted molar refractivity (Wildman–Crippen MR) is 75.1 cm³/mol. The van der Waals surface area contributed by atoms with Crippen LogP contribution in [0.25, 0.3) is 10.2 Å². The van der Waals surface area contributed by atoms with Crippen molar-refractivity contribution in [3.63, 3.8) is 0 Å². The summed E-state index contributed by atoms with van der Waals surface area (Å²) in [5.41, 5.74) is 1.75. The molecule has 2 unspecified atom stereocenters. The Morgan fingerprint density at radius 1 is 1.44 bits per heavy atom. The molecule has 2 aromatic rings. The number of rotatable bonds is 2. The van der Waals surface area contributed by atoms with Gasteiger partial charge in [-0.05, 0) is 36.3 Å². The number of carbonyl (C=O) groups excluding carboxylic acids is 1. The molecule has 3 rings (SSSR count). The van der Waals surface area contributed by atoms with Gasteiger partial charge in [0.1, 0.15) is 5.69 Å². The lowest BCUT2D eigenvalue weighted by atomic mass is 9.86. The van der Waals surface area contributed by atoms with Crippen LogP contribution in [0.4, 0.5) is 0 Å². The summed E-state index contributed by atoms with van der Waals surface area (Å²) in [7, 11) is 0. The maximum Gasteiger partial charge on any atom is 0.267 e. The van der Waals surface area contributed by atoms with Crippen LogP contribution in [0.15, 0.2) is 17.5 Å². The zero-order valence-electron chi connectivity index (χ0n) is 10.5. The van der Waals surface area contributed by atoms with Crippen LogP contribution in [0.5, 0.6) is 0 Å². The maximum atomic E-state index is 12.2. The summed E-state index contributed by atoms with van der Waals surface area (Å²) < 4.78 is 1.15. The van der Waals surface area contributed by atoms with E-state index < -0.39 is 0 Å². The average Bonchev–Trinajstić information content (AvgIpc) is 2.92. The molecule has 1 fully saturated rings. The van der Waals surface area contributed by atoms with Gasteiger partial charge in [0, 0.05) is 6.04 Å². The fourth-order valence-electron chi connectivity index (χ4n) is 2.75. The summed E-state index contributed by atoms with van der Waals surface area (Å²) in [6.07, 6.45) is 4.87. The fourth-order valence-corrected chi connectivity index (χ4v) is 3.53. The molecule has 0 spiro atoms. The van der Waals surface area contributed by atoms with Crippen molar-refractivity contribution in [1.29, 1.82) is 0 Å². The lowest BCUT2D eigenvalue weighted by Gasteiger charge is -2.29. The smallest absolute Gasteiger partial charge is 0.267 e. The third kappa shape index (κ3) is 2.17. The van der Waals surface area contributed by atoms with Gasteiger partial charge >= 0.3 is 0 Å². The largest absolute Gasteiger partial charge is 0.350 e. The molecule has 96 valence electrons. The van der Waals surface area contributed by atoms with Gasteiger partial charge in [-0.1, -0.05) is 19.8 Å². The van der Waals surface area contributed by atoms with Crippen LogP contribution in [-0.4, -0.2) is 16.9 Å². The molecule has 1 amide bonds. The van der Waals surface area contributed by atoms with Gasteiger partial charge in [0.25, 0.3) is 5.91 Å². The highest BCUT2D eigenvalue weighted by Gasteiger charge is 2.23. The van der Waals surface area contributed by atoms with Crippen LogP contribution < -0.4 is 5.32 Å². The van der Waals surface area contributed by atoms with E-state index >= 15 is 0 Å². The molecule has 4 heteroatoms. The molecule has 0 saturated heterocycles. The molecule has 0 aromatic carbocycles. The van der Waals surface area contributed by atoms with Crippen LogP contribution in [0, 0.1) is 5.92 Å². The third-order valence-corrected chi connectivity index (χ3v) is 4.78. The molecular formula is C14H18N2OS. The van der Waals surface area contributed by atoms with Gasteiger partial charge in [-0.3, -0.25) is 4.79 Å². The van der Waals surface area contributed by atoms with Gasteiger partial charge < -0.3 is 10.3 Å². The van der Waals surface area contributed by atoms with E-state index in [2.05, 4.69) is 17.2 Å². The van der Waals surface area contributed by atoms with Crippen LogP contribution in [0.2, 0.25) is 0 Å². The first kappa shape index (κ1) is 11.8. The molecule has 2 N–H and O–H groups in total. The molecule has 1 aliphatic carbocycles. The maximum absolute atomic E-state index is 12.2. The number of amides is 1. The summed E-state index contributed by atoms with van der Waals surface area (Å²) in [5.74, 6) is 0.635. The number of nitrogens with one attached hydrogen (secondary N) is 2. The van der Waals surface area contributed by atoms with Crippen molar-refractivity contribution in [2.45, 2.75) is 38.6 Å². The standard InChI is InChI=1S/C14H18N2OS/c1-9-4-2-3-5-10(9)16-14(17)12-8-13-11(15-12)6-7-18-13/h6-10,15H,2-5H2,1H3,(H,16,17). The zero-order chi connectivity index (χ0) is 12.5. The summed E-state index contributed by atoms with van der Waals surface area (Å²) in [4.78, 5) is 15.4. The Bertz CT molecular complexity index is 528. The summed E-state index contributed by atoms with van der Waals surface area (Å²) in [6.45, 7) is 2.23. The van der Waals surface area contributed by atoms with Crippen molar-refractivity contribution in [3.8, 4) is 0 Å². The Hall–Kier alpha value is -1.29. The topological polar surface area (TPSA) is 44.9 Å². The van der Waals surface area contributed by atoms with E-state index in [4.69, 9.17) is 0 Å². The molecule has 2 aromatic heterocycles. The molecule has 0 radical (unpaired) electrons. The average molecular weight is 262 g/mol. The predicted octanol–water partition coefficient (Wildman–Crippen LogP) is 3.54. The number of fused-ring (bicyclic) bond motifs is 1. The van der Waals surface area contributed by atoms with Crippen LogP contribution in [0.1, 0.15) is 43.1 Å². The minimum Gasteiger partial charge on any atom is -0.350 e. The van der Waals surface area contributed by atoms with Crippen LogP contribution in [0.3, 0.4) is 0 Å². The van der Waals surface area contributed by atoms with Gasteiger partial charge in [0.2, 0.25) is 0 Å². The molecule has 0 aliphatic heterocycles. The second-order valence-corrected chi connectivity index (χ2v) is 6.17. The van der Waals surface area contributed by atoms with Crippen LogP contribution in [-0.2, 0) is 0 Å². The molecule has 18 heavy (non-hydrogen) atoms. The minimum atomic E-state index is 0.0390. The van der Waals surface area contributed by atoms with E-state index in [1.807, 2.05) is 17.5 Å². The van der Waals surface area contributed by atoms with Gasteiger partial charge in [-0.15, -0.1) is 11.3 Å². The molecule has 0 bridgehead atoms. The quantitative estimate of drug-likeness (QED) is 0.854. The van der Waals surface area contributed by atoms with E-state index in [1.165, 1.54) is 19.3 Å². The Morgan fingerprint density at radius 3 is 3.06 bits per heavy atom. The van der Waals surface area contributed by atoms with E-state index in [0.717, 1.165) is 16.6 Å². The molecule has 1 saturated carbocycles. The monoisotopic (exact) mass is 262 g/mol. The third-order valence-electron chi connectivity index (χ3n) is 3.91. The number of hydrogen-bond acceptors (Lipinski definition) is 2. The Kier molecular flexibility index (Phi) is 3.12. The van der Waals surface area contributed by atoms with Gasteiger partial charge in [0.05, 0.1) is 10.2 Å². The van der Waals surface area contributed by atoms with E-state index in [9.17, 15) is 4.79 Å². The Labute approximate surface area is 111 Å². The highest BCUT2D eigenvalue weighted by molar-refractivity contribution is 7.17. The fraction of sp³-hybridized carbons (Fsp3) is 0.500. The SMILES string of the molecule is CC1CCCCC1NC(=O)c1cc2sccc2[nH]1. The lowest BCUT2D eigenvalue weighted by molar-refractivity contribution is 0.0906. The molecule has 2 heterocycles. The zero-order valence-corrected chi connectivity index (χ0v) is 11.3. The number of hydrogen-bond donors (Lipinski definition) is 2. The number of H-pyrrole nitrogens is 1. The normalized spacial score (nSPS) is 24.3. The Balaban J connectivity index is 1.72. The van der Waals surface area contributed by atoms with Crippen molar-refractivity contribution >= 4 is 27.5 Å². The summed E-state index contributed by atoms with van der Waals surface area (Å²) in [6, 6.07) is 4.30. The van der Waals surface area contributed by atoms with Gasteiger partial charge in [-0.2, -0.15) is 0 Å². The van der Waals surface area contributed by atoms with Crippen molar-refractivity contribution in [3.05, 3.63) is 23.2 Å². The van der Waals surface area contributed by atoms with Gasteiger partial charge in [-0.25, -0.2) is 0 Å². The lowest BCUT2D eigenvalue weighted by Crippen LogP contribution is -2.41. The van der Waals surface area contributed by atoms with Crippen molar-refractivity contribution in [1.82, 2.24) is 10.3 Å². The highest BCUT2D eigenvalue weighted by Crippen LogP contribution is 2.25. The van der Waals surface area contributed by atoms with Gasteiger partial charge in [0.15, 0.2) is 0 Å². The van der Waals surface area contributed by atoms with E-state index in [0.29, 0.717) is 17.7 Å². The number of thiophene rings is 1. The molecular weight excluding hydrogens is 244 g/mol. The number of aromatic amines is 1. The first-order valence-corrected chi connectivity index (χ1v) is 7.49. The second-order valence-electron chi connectivity index (χ2n) is 5.22. The Morgan fingerprint density at radius 2 is 2.28 bits per heavy atom. The highest BCUT2D eigenvalue weighted by atomic mass is 32.1.